The summed E-state index contributed by atoms with van der Waals surface area (Å²) in [5, 5.41) is 3.35. The standard InChI is InChI=1S/C43H66P2/c1-27(45(42-20-34-8-35(21-42)10-36(9-34)22-42)43-23-37-11-38(24-43)13-39(12-37)25-43)26-44(40-14-28-2-29(15-40)4-30(3-28)16-40)41-17-31-5-32(18-41)7-33(6-31)19-41/h27-39H,2-26H2,1H3. The summed E-state index contributed by atoms with van der Waals surface area (Å²) >= 11 is 0. The molecule has 16 fully saturated rings. The number of hydrogen-bond acceptors (Lipinski definition) is 0. The first-order chi connectivity index (χ1) is 21.8. The van der Waals surface area contributed by atoms with E-state index >= 15 is 0 Å². The van der Waals surface area contributed by atoms with Gasteiger partial charge in [-0.25, -0.2) is 0 Å². The van der Waals surface area contributed by atoms with Gasteiger partial charge in [0, 0.05) is 0 Å². The van der Waals surface area contributed by atoms with Crippen molar-refractivity contribution in [2.45, 2.75) is 187 Å². The quantitative estimate of drug-likeness (QED) is 0.242. The van der Waals surface area contributed by atoms with E-state index in [0.717, 1.165) is 97.3 Å². The average molecular weight is 645 g/mol. The van der Waals surface area contributed by atoms with Gasteiger partial charge in [-0.2, -0.15) is 0 Å². The summed E-state index contributed by atoms with van der Waals surface area (Å²) in [4.78, 5) is 0. The summed E-state index contributed by atoms with van der Waals surface area (Å²) in [5.74, 6) is 13.8. The predicted octanol–water partition coefficient (Wildman–Crippen LogP) is 12.2. The summed E-state index contributed by atoms with van der Waals surface area (Å²) in [7, 11) is 0.284. The van der Waals surface area contributed by atoms with Crippen molar-refractivity contribution in [1.29, 1.82) is 0 Å². The monoisotopic (exact) mass is 644 g/mol. The van der Waals surface area contributed by atoms with Crippen LogP contribution in [0.1, 0.15) is 161 Å². The van der Waals surface area contributed by atoms with Crippen molar-refractivity contribution in [2.75, 3.05) is 6.16 Å². The Bertz CT molecular complexity index is 999. The van der Waals surface area contributed by atoms with Crippen LogP contribution in [0.15, 0.2) is 0 Å². The van der Waals surface area contributed by atoms with Crippen molar-refractivity contribution in [3.63, 3.8) is 0 Å². The maximum Gasteiger partial charge on any atom is -0.00790 e. The normalized spacial score (nSPS) is 62.6. The maximum atomic E-state index is 3.04. The Kier molecular flexibility index (Phi) is 6.08. The topological polar surface area (TPSA) is 0 Å². The predicted molar refractivity (Wildman–Crippen MR) is 192 cm³/mol. The summed E-state index contributed by atoms with van der Waals surface area (Å²) in [6.45, 7) is 3.04. The minimum absolute atomic E-state index is 0.131. The van der Waals surface area contributed by atoms with Gasteiger partial charge < -0.3 is 0 Å². The molecule has 0 spiro atoms. The van der Waals surface area contributed by atoms with Gasteiger partial charge in [-0.05, 0) is 258 Å². The van der Waals surface area contributed by atoms with Gasteiger partial charge in [-0.3, -0.25) is 0 Å². The van der Waals surface area contributed by atoms with Crippen LogP contribution in [0.2, 0.25) is 0 Å². The molecule has 16 aliphatic carbocycles. The van der Waals surface area contributed by atoms with Crippen LogP contribution < -0.4 is 0 Å². The molecule has 16 rings (SSSR count). The van der Waals surface area contributed by atoms with Crippen molar-refractivity contribution >= 4 is 15.8 Å². The zero-order valence-electron chi connectivity index (χ0n) is 29.1. The molecule has 0 saturated heterocycles. The Morgan fingerprint density at radius 1 is 0.356 bits per heavy atom. The minimum atomic E-state index is 0.131. The van der Waals surface area contributed by atoms with Crippen LogP contribution in [0.25, 0.3) is 0 Å². The number of rotatable bonds is 7. The molecule has 45 heavy (non-hydrogen) atoms. The SMILES string of the molecule is CC(CP(C12CC3CC(CC(C3)C1)C2)C12CC3CC(CC(C3)C1)C2)P(C12CC3CC(CC(C3)C1)C2)C12CC3CC(CC(C3)C1)C2. The lowest BCUT2D eigenvalue weighted by Crippen LogP contribution is -2.59. The Morgan fingerprint density at radius 2 is 0.556 bits per heavy atom. The maximum absolute atomic E-state index is 3.04. The van der Waals surface area contributed by atoms with Gasteiger partial charge >= 0.3 is 0 Å². The molecule has 0 aromatic carbocycles. The third-order valence-electron chi connectivity index (χ3n) is 19.1. The summed E-state index contributed by atoms with van der Waals surface area (Å²) in [5.41, 5.74) is 1.10. The van der Waals surface area contributed by atoms with Crippen LogP contribution in [-0.2, 0) is 0 Å². The lowest BCUT2D eigenvalue weighted by atomic mass is 9.55. The molecule has 0 radical (unpaired) electrons. The van der Waals surface area contributed by atoms with E-state index in [-0.39, 0.29) is 15.8 Å². The molecule has 0 heterocycles. The van der Waals surface area contributed by atoms with E-state index in [2.05, 4.69) is 6.92 Å². The summed E-state index contributed by atoms with van der Waals surface area (Å²) in [6, 6.07) is 0. The molecule has 1 atom stereocenters. The highest BCUT2D eigenvalue weighted by molar-refractivity contribution is 7.65. The molecular formula is C43H66P2. The van der Waals surface area contributed by atoms with E-state index in [9.17, 15) is 0 Å². The zero-order chi connectivity index (χ0) is 29.3. The van der Waals surface area contributed by atoms with Crippen LogP contribution in [0.5, 0.6) is 0 Å². The highest BCUT2D eigenvalue weighted by atomic mass is 31.1. The highest BCUT2D eigenvalue weighted by Crippen LogP contribution is 2.84. The Hall–Kier alpha value is 0.860. The van der Waals surface area contributed by atoms with Gasteiger partial charge in [-0.1, -0.05) is 22.8 Å². The molecule has 16 aliphatic rings. The zero-order valence-corrected chi connectivity index (χ0v) is 30.9. The van der Waals surface area contributed by atoms with Crippen molar-refractivity contribution in [2.24, 2.45) is 71.0 Å². The second-order valence-corrected chi connectivity index (χ2v) is 29.0. The molecule has 0 aliphatic heterocycles. The molecule has 16 bridgehead atoms. The van der Waals surface area contributed by atoms with Gasteiger partial charge in [0.15, 0.2) is 0 Å². The second-order valence-electron chi connectivity index (χ2n) is 22.4. The van der Waals surface area contributed by atoms with Crippen LogP contribution in [0.4, 0.5) is 0 Å². The van der Waals surface area contributed by atoms with E-state index < -0.39 is 0 Å². The smallest absolute Gasteiger partial charge is 0.00790 e. The first kappa shape index (κ1) is 28.5. The fourth-order valence-corrected chi connectivity index (χ4v) is 32.1. The van der Waals surface area contributed by atoms with Crippen LogP contribution in [0, 0.1) is 71.0 Å². The Balaban J connectivity index is 0.968. The first-order valence-corrected chi connectivity index (χ1v) is 24.3. The van der Waals surface area contributed by atoms with Gasteiger partial charge in [0.2, 0.25) is 0 Å². The summed E-state index contributed by atoms with van der Waals surface area (Å²) < 4.78 is 0. The molecule has 0 N–H and O–H groups in total. The van der Waals surface area contributed by atoms with Gasteiger partial charge in [0.25, 0.3) is 0 Å². The fraction of sp³-hybridized carbons (Fsp3) is 1.00. The fourth-order valence-electron chi connectivity index (χ4n) is 20.2. The van der Waals surface area contributed by atoms with Gasteiger partial charge in [-0.15, -0.1) is 0 Å². The van der Waals surface area contributed by atoms with Crippen molar-refractivity contribution < 1.29 is 0 Å². The van der Waals surface area contributed by atoms with Crippen molar-refractivity contribution in [3.8, 4) is 0 Å². The van der Waals surface area contributed by atoms with Crippen LogP contribution in [-0.4, -0.2) is 32.4 Å². The summed E-state index contributed by atoms with van der Waals surface area (Å²) in [6.07, 6.45) is 42.4. The molecule has 16 saturated carbocycles. The molecular weight excluding hydrogens is 578 g/mol. The van der Waals surface area contributed by atoms with E-state index in [1.807, 2.05) is 0 Å². The van der Waals surface area contributed by atoms with Crippen LogP contribution >= 0.6 is 15.8 Å². The molecule has 0 aromatic heterocycles. The third-order valence-corrected chi connectivity index (χ3v) is 27.9. The average Bonchev–Trinajstić information content (AvgIpc) is 2.93. The van der Waals surface area contributed by atoms with Gasteiger partial charge in [0.1, 0.15) is 0 Å². The lowest BCUT2D eigenvalue weighted by molar-refractivity contribution is 0.0169. The van der Waals surface area contributed by atoms with E-state index in [0.29, 0.717) is 0 Å². The van der Waals surface area contributed by atoms with Crippen LogP contribution in [0.3, 0.4) is 0 Å². The van der Waals surface area contributed by atoms with E-state index in [1.54, 1.807) is 160 Å². The molecule has 248 valence electrons. The molecule has 0 aromatic rings. The van der Waals surface area contributed by atoms with Crippen molar-refractivity contribution in [1.82, 2.24) is 0 Å². The van der Waals surface area contributed by atoms with Gasteiger partial charge in [0.05, 0.1) is 0 Å². The highest BCUT2D eigenvalue weighted by Gasteiger charge is 2.66. The third kappa shape index (κ3) is 4.15. The van der Waals surface area contributed by atoms with E-state index in [1.165, 1.54) is 0 Å². The molecule has 0 nitrogen and oxygen atoms in total. The lowest BCUT2D eigenvalue weighted by Gasteiger charge is -2.70. The second kappa shape index (κ2) is 9.59. The number of hydrogen-bond donors (Lipinski definition) is 0. The largest absolute Gasteiger partial charge is 0.0933 e. The first-order valence-electron chi connectivity index (χ1n) is 21.4. The molecule has 2 heteroatoms. The molecule has 0 amide bonds. The minimum Gasteiger partial charge on any atom is -0.0933 e. The molecule has 1 unspecified atom stereocenters. The van der Waals surface area contributed by atoms with E-state index in [4.69, 9.17) is 0 Å². The Morgan fingerprint density at radius 3 is 0.778 bits per heavy atom. The van der Waals surface area contributed by atoms with Crippen molar-refractivity contribution in [3.05, 3.63) is 0 Å². The Labute approximate surface area is 279 Å².